The molecule has 2 aromatic rings. The van der Waals surface area contributed by atoms with E-state index < -0.39 is 5.92 Å². The molecule has 162 valence electrons. The van der Waals surface area contributed by atoms with Gasteiger partial charge in [-0.1, -0.05) is 6.07 Å². The average Bonchev–Trinajstić information content (AvgIpc) is 3.29. The second kappa shape index (κ2) is 8.24. The van der Waals surface area contributed by atoms with Crippen molar-refractivity contribution >= 4 is 17.6 Å². The number of alkyl carbamates (subject to hydrolysis) is 1. The van der Waals surface area contributed by atoms with Crippen molar-refractivity contribution in [2.75, 3.05) is 5.32 Å². The Balaban J connectivity index is 1.36. The molecule has 0 radical (unpaired) electrons. The highest BCUT2D eigenvalue weighted by Crippen LogP contribution is 2.37. The summed E-state index contributed by atoms with van der Waals surface area (Å²) in [6, 6.07) is 7.61. The van der Waals surface area contributed by atoms with E-state index in [4.69, 9.17) is 4.74 Å². The monoisotopic (exact) mass is 418 g/mol. The third kappa shape index (κ3) is 4.91. The fraction of sp³-hybridized carbons (Fsp3) is 0.545. The van der Waals surface area contributed by atoms with Crippen LogP contribution in [0.15, 0.2) is 24.3 Å². The lowest BCUT2D eigenvalue weighted by Gasteiger charge is -2.24. The van der Waals surface area contributed by atoms with Crippen molar-refractivity contribution in [3.05, 3.63) is 41.1 Å². The van der Waals surface area contributed by atoms with Gasteiger partial charge in [0.1, 0.15) is 6.10 Å². The Kier molecular flexibility index (Phi) is 5.66. The van der Waals surface area contributed by atoms with Gasteiger partial charge in [0.15, 0.2) is 5.82 Å². The highest BCUT2D eigenvalue weighted by molar-refractivity contribution is 5.67. The van der Waals surface area contributed by atoms with Crippen molar-refractivity contribution in [3.63, 3.8) is 0 Å². The van der Waals surface area contributed by atoms with E-state index in [0.29, 0.717) is 17.8 Å². The van der Waals surface area contributed by atoms with Crippen LogP contribution in [0.4, 0.5) is 25.1 Å². The summed E-state index contributed by atoms with van der Waals surface area (Å²) >= 11 is 0. The van der Waals surface area contributed by atoms with E-state index in [9.17, 15) is 13.6 Å². The zero-order chi connectivity index (χ0) is 21.3. The fourth-order valence-corrected chi connectivity index (χ4v) is 4.31. The number of amides is 1. The molecule has 1 aromatic heterocycles. The number of aryl methyl sites for hydroxylation is 1. The van der Waals surface area contributed by atoms with Gasteiger partial charge in [-0.2, -0.15) is 5.10 Å². The van der Waals surface area contributed by atoms with Crippen LogP contribution in [0, 0.1) is 0 Å². The van der Waals surface area contributed by atoms with Crippen LogP contribution >= 0.6 is 0 Å². The Bertz CT molecular complexity index is 912. The van der Waals surface area contributed by atoms with Gasteiger partial charge in [-0.05, 0) is 62.8 Å². The van der Waals surface area contributed by atoms with E-state index in [0.717, 1.165) is 36.2 Å². The summed E-state index contributed by atoms with van der Waals surface area (Å²) in [6.45, 7) is 3.79. The number of aromatic amines is 1. The summed E-state index contributed by atoms with van der Waals surface area (Å²) in [5, 5.41) is 13.3. The van der Waals surface area contributed by atoms with Crippen LogP contribution in [0.1, 0.15) is 62.3 Å². The maximum atomic E-state index is 13.7. The number of carbonyl (C=O) groups is 1. The number of anilines is 2. The molecule has 0 spiro atoms. The summed E-state index contributed by atoms with van der Waals surface area (Å²) in [5.41, 5.74) is 3.43. The molecule has 1 aromatic carbocycles. The van der Waals surface area contributed by atoms with Crippen LogP contribution in [0.25, 0.3) is 0 Å². The minimum atomic E-state index is -2.63. The molecule has 2 aliphatic rings. The predicted molar refractivity (Wildman–Crippen MR) is 110 cm³/mol. The van der Waals surface area contributed by atoms with Crippen LogP contribution in [0.3, 0.4) is 0 Å². The summed E-state index contributed by atoms with van der Waals surface area (Å²) in [5.74, 6) is -1.74. The molecule has 1 fully saturated rings. The minimum Gasteiger partial charge on any atom is -0.446 e. The molecule has 4 rings (SSSR count). The molecule has 0 bridgehead atoms. The van der Waals surface area contributed by atoms with Gasteiger partial charge in [-0.25, -0.2) is 13.6 Å². The maximum Gasteiger partial charge on any atom is 0.407 e. The number of halogens is 2. The highest BCUT2D eigenvalue weighted by atomic mass is 19.3. The smallest absolute Gasteiger partial charge is 0.407 e. The molecular weight excluding hydrogens is 390 g/mol. The number of alkyl halides is 2. The zero-order valence-corrected chi connectivity index (χ0v) is 17.3. The second-order valence-electron chi connectivity index (χ2n) is 8.69. The van der Waals surface area contributed by atoms with Crippen LogP contribution in [0.5, 0.6) is 0 Å². The Morgan fingerprint density at radius 3 is 2.90 bits per heavy atom. The van der Waals surface area contributed by atoms with Gasteiger partial charge in [0.05, 0.1) is 0 Å². The number of hydrogen-bond acceptors (Lipinski definition) is 4. The van der Waals surface area contributed by atoms with Gasteiger partial charge in [-0.3, -0.25) is 5.10 Å². The highest BCUT2D eigenvalue weighted by Gasteiger charge is 2.34. The summed E-state index contributed by atoms with van der Waals surface area (Å²) < 4.78 is 32.9. The van der Waals surface area contributed by atoms with E-state index in [1.54, 1.807) is 6.07 Å². The molecule has 0 unspecified atom stereocenters. The van der Waals surface area contributed by atoms with Crippen molar-refractivity contribution in [1.29, 1.82) is 0 Å². The molecule has 1 amide bonds. The molecule has 1 heterocycles. The van der Waals surface area contributed by atoms with Crippen molar-refractivity contribution in [1.82, 2.24) is 15.5 Å². The lowest BCUT2D eigenvalue weighted by Crippen LogP contribution is -2.33. The third-order valence-corrected chi connectivity index (χ3v) is 5.79. The lowest BCUT2D eigenvalue weighted by atomic mass is 9.89. The predicted octanol–water partition coefficient (Wildman–Crippen LogP) is 5.05. The number of fused-ring (bicyclic) bond motifs is 1. The first-order valence-corrected chi connectivity index (χ1v) is 10.6. The molecular formula is C22H28F2N4O2. The molecule has 30 heavy (non-hydrogen) atoms. The number of rotatable bonds is 5. The number of benzene rings is 1. The minimum absolute atomic E-state index is 0.0470. The lowest BCUT2D eigenvalue weighted by molar-refractivity contribution is -0.0122. The number of H-pyrrole nitrogens is 1. The van der Waals surface area contributed by atoms with Crippen molar-refractivity contribution < 1.29 is 18.3 Å². The molecule has 8 heteroatoms. The third-order valence-electron chi connectivity index (χ3n) is 5.79. The molecule has 1 saturated carbocycles. The van der Waals surface area contributed by atoms with Crippen LogP contribution < -0.4 is 10.6 Å². The Morgan fingerprint density at radius 1 is 1.27 bits per heavy atom. The SMILES string of the molecule is CC(C)NC(=O)O[C@@H]1CC[C@H](c2cc(Nc3ccc4c(c3)CC(F)(F)CC4)n[nH]2)C1. The molecule has 3 N–H and O–H groups in total. The van der Waals surface area contributed by atoms with Crippen molar-refractivity contribution in [2.24, 2.45) is 0 Å². The average molecular weight is 418 g/mol. The fourth-order valence-electron chi connectivity index (χ4n) is 4.31. The Morgan fingerprint density at radius 2 is 2.10 bits per heavy atom. The standard InChI is InChI=1S/C22H28F2N4O2/c1-13(2)25-21(29)30-18-6-4-15(10-18)19-11-20(28-27-19)26-17-5-3-14-7-8-22(23,24)12-16(14)9-17/h3,5,9,11,13,15,18H,4,6-8,10,12H2,1-2H3,(H,25,29)(H2,26,27,28)/t15-,18+/m0/s1. The summed E-state index contributed by atoms with van der Waals surface area (Å²) in [7, 11) is 0. The zero-order valence-electron chi connectivity index (χ0n) is 17.3. The molecule has 0 aliphatic heterocycles. The van der Waals surface area contributed by atoms with Gasteiger partial charge in [0.25, 0.3) is 5.92 Å². The number of ether oxygens (including phenoxy) is 1. The maximum absolute atomic E-state index is 13.7. The Labute approximate surface area is 174 Å². The van der Waals surface area contributed by atoms with E-state index in [1.165, 1.54) is 0 Å². The van der Waals surface area contributed by atoms with Crippen molar-refractivity contribution in [2.45, 2.75) is 76.4 Å². The van der Waals surface area contributed by atoms with Crippen LogP contribution in [-0.2, 0) is 17.6 Å². The Hall–Kier alpha value is -2.64. The number of aromatic nitrogens is 2. The molecule has 2 atom stereocenters. The molecule has 6 nitrogen and oxygen atoms in total. The van der Waals surface area contributed by atoms with E-state index in [1.807, 2.05) is 32.0 Å². The van der Waals surface area contributed by atoms with Gasteiger partial charge < -0.3 is 15.4 Å². The first kappa shape index (κ1) is 20.6. The quantitative estimate of drug-likeness (QED) is 0.635. The van der Waals surface area contributed by atoms with Crippen LogP contribution in [0.2, 0.25) is 0 Å². The number of hydrogen-bond donors (Lipinski definition) is 3. The topological polar surface area (TPSA) is 79.0 Å². The summed E-state index contributed by atoms with van der Waals surface area (Å²) in [6.07, 6.45) is 2.12. The number of nitrogens with zero attached hydrogens (tertiary/aromatic N) is 1. The first-order valence-electron chi connectivity index (χ1n) is 10.6. The first-order chi connectivity index (χ1) is 14.3. The van der Waals surface area contributed by atoms with Gasteiger partial charge >= 0.3 is 6.09 Å². The van der Waals surface area contributed by atoms with E-state index in [-0.39, 0.29) is 37.0 Å². The largest absolute Gasteiger partial charge is 0.446 e. The normalized spacial score (nSPS) is 22.6. The summed E-state index contributed by atoms with van der Waals surface area (Å²) in [4.78, 5) is 11.8. The van der Waals surface area contributed by atoms with E-state index in [2.05, 4.69) is 20.8 Å². The van der Waals surface area contributed by atoms with Gasteiger partial charge in [-0.15, -0.1) is 0 Å². The number of nitrogens with one attached hydrogen (secondary N) is 3. The molecule has 2 aliphatic carbocycles. The molecule has 0 saturated heterocycles. The second-order valence-corrected chi connectivity index (χ2v) is 8.69. The van der Waals surface area contributed by atoms with Crippen LogP contribution in [-0.4, -0.2) is 34.4 Å². The van der Waals surface area contributed by atoms with Crippen molar-refractivity contribution in [3.8, 4) is 0 Å². The number of carbonyl (C=O) groups excluding carboxylic acids is 1. The van der Waals surface area contributed by atoms with Gasteiger partial charge in [0.2, 0.25) is 0 Å². The van der Waals surface area contributed by atoms with Gasteiger partial charge in [0, 0.05) is 42.2 Å². The van der Waals surface area contributed by atoms with E-state index >= 15 is 0 Å².